The number of aromatic hydroxyl groups is 1. The van der Waals surface area contributed by atoms with Gasteiger partial charge >= 0.3 is 5.97 Å². The number of carboxylic acid groups (broad SMARTS) is 1. The number of fused-ring (bicyclic) bond motifs is 1. The van der Waals surface area contributed by atoms with Gasteiger partial charge in [-0.05, 0) is 35.9 Å². The quantitative estimate of drug-likeness (QED) is 0.474. The number of aromatic nitrogens is 1. The molecule has 0 radical (unpaired) electrons. The van der Waals surface area contributed by atoms with Crippen LogP contribution in [-0.2, 0) is 11.3 Å². The molecule has 2 aromatic carbocycles. The Morgan fingerprint density at radius 3 is 2.59 bits per heavy atom. The maximum Gasteiger partial charge on any atom is 0.322 e. The van der Waals surface area contributed by atoms with Crippen LogP contribution >= 0.6 is 0 Å². The number of hydrogen-bond donors (Lipinski definition) is 4. The highest BCUT2D eigenvalue weighted by molar-refractivity contribution is 6.04. The maximum atomic E-state index is 12.2. The van der Waals surface area contributed by atoms with Crippen LogP contribution < -0.4 is 20.5 Å². The molecule has 3 aromatic rings. The Labute approximate surface area is 165 Å². The SMILES string of the molecule is COc1nc(C(=O)NCC(=O)O)c(O)c2ccc(Oc3cccc(CN)c3)cc12. The minimum absolute atomic E-state index is 0.0828. The minimum Gasteiger partial charge on any atom is -0.505 e. The van der Waals surface area contributed by atoms with E-state index in [1.807, 2.05) is 18.2 Å². The van der Waals surface area contributed by atoms with Crippen LogP contribution in [0.1, 0.15) is 16.1 Å². The molecule has 1 heterocycles. The number of rotatable bonds is 7. The molecular weight excluding hydrogens is 378 g/mol. The number of benzene rings is 2. The Kier molecular flexibility index (Phi) is 5.79. The zero-order valence-corrected chi connectivity index (χ0v) is 15.5. The predicted octanol–water partition coefficient (Wildman–Crippen LogP) is 2.01. The highest BCUT2D eigenvalue weighted by atomic mass is 16.5. The van der Waals surface area contributed by atoms with Crippen LogP contribution in [0.3, 0.4) is 0 Å². The number of carbonyl (C=O) groups is 2. The first-order valence-electron chi connectivity index (χ1n) is 8.60. The van der Waals surface area contributed by atoms with E-state index in [9.17, 15) is 14.7 Å². The third kappa shape index (κ3) is 4.36. The van der Waals surface area contributed by atoms with Crippen LogP contribution in [0.25, 0.3) is 10.8 Å². The molecule has 0 unspecified atom stereocenters. The number of carboxylic acids is 1. The molecule has 3 rings (SSSR count). The van der Waals surface area contributed by atoms with E-state index in [0.29, 0.717) is 28.8 Å². The standard InChI is InChI=1S/C20H19N3O6/c1-28-20-15-8-13(29-12-4-2-3-11(7-12)9-21)5-6-14(15)18(26)17(23-20)19(27)22-10-16(24)25/h2-8,26H,9-10,21H2,1H3,(H,22,27)(H,24,25). The molecule has 0 saturated carbocycles. The Hall–Kier alpha value is -3.85. The van der Waals surface area contributed by atoms with Gasteiger partial charge in [0, 0.05) is 11.9 Å². The molecule has 29 heavy (non-hydrogen) atoms. The molecule has 0 aliphatic carbocycles. The highest BCUT2D eigenvalue weighted by Gasteiger charge is 2.20. The Balaban J connectivity index is 1.99. The molecule has 9 nitrogen and oxygen atoms in total. The lowest BCUT2D eigenvalue weighted by molar-refractivity contribution is -0.135. The van der Waals surface area contributed by atoms with Crippen molar-refractivity contribution >= 4 is 22.6 Å². The number of pyridine rings is 1. The Bertz CT molecular complexity index is 1080. The molecule has 0 aliphatic heterocycles. The lowest BCUT2D eigenvalue weighted by Gasteiger charge is -2.13. The number of aliphatic carboxylic acids is 1. The summed E-state index contributed by atoms with van der Waals surface area (Å²) >= 11 is 0. The number of carbonyl (C=O) groups excluding carboxylic acids is 1. The van der Waals surface area contributed by atoms with Crippen molar-refractivity contribution in [2.75, 3.05) is 13.7 Å². The summed E-state index contributed by atoms with van der Waals surface area (Å²) in [6.45, 7) is -0.220. The summed E-state index contributed by atoms with van der Waals surface area (Å²) in [6, 6.07) is 12.1. The smallest absolute Gasteiger partial charge is 0.322 e. The van der Waals surface area contributed by atoms with Gasteiger partial charge in [-0.3, -0.25) is 9.59 Å². The zero-order valence-electron chi connectivity index (χ0n) is 15.5. The fraction of sp³-hybridized carbons (Fsp3) is 0.150. The molecule has 0 aliphatic rings. The largest absolute Gasteiger partial charge is 0.505 e. The topological polar surface area (TPSA) is 144 Å². The van der Waals surface area contributed by atoms with Crippen molar-refractivity contribution in [1.29, 1.82) is 0 Å². The summed E-state index contributed by atoms with van der Waals surface area (Å²) in [5.41, 5.74) is 6.22. The van der Waals surface area contributed by atoms with E-state index in [-0.39, 0.29) is 17.3 Å². The maximum absolute atomic E-state index is 12.2. The van der Waals surface area contributed by atoms with Crippen molar-refractivity contribution in [2.45, 2.75) is 6.54 Å². The lowest BCUT2D eigenvalue weighted by atomic mass is 10.1. The lowest BCUT2D eigenvalue weighted by Crippen LogP contribution is -2.30. The molecule has 5 N–H and O–H groups in total. The van der Waals surface area contributed by atoms with Crippen molar-refractivity contribution in [3.05, 3.63) is 53.7 Å². The van der Waals surface area contributed by atoms with Crippen LogP contribution in [0.15, 0.2) is 42.5 Å². The molecular formula is C20H19N3O6. The molecule has 1 amide bonds. The molecule has 0 fully saturated rings. The Morgan fingerprint density at radius 2 is 1.90 bits per heavy atom. The van der Waals surface area contributed by atoms with E-state index in [1.165, 1.54) is 7.11 Å². The van der Waals surface area contributed by atoms with Gasteiger partial charge in [-0.25, -0.2) is 4.98 Å². The van der Waals surface area contributed by atoms with Gasteiger partial charge in [0.15, 0.2) is 11.4 Å². The number of nitrogens with zero attached hydrogens (tertiary/aromatic N) is 1. The average Bonchev–Trinajstić information content (AvgIpc) is 2.72. The number of methoxy groups -OCH3 is 1. The zero-order chi connectivity index (χ0) is 21.0. The van der Waals surface area contributed by atoms with E-state index < -0.39 is 18.4 Å². The van der Waals surface area contributed by atoms with E-state index in [2.05, 4.69) is 10.3 Å². The second kappa shape index (κ2) is 8.44. The first-order valence-corrected chi connectivity index (χ1v) is 8.60. The summed E-state index contributed by atoms with van der Waals surface area (Å²) in [7, 11) is 1.37. The highest BCUT2D eigenvalue weighted by Crippen LogP contribution is 2.36. The van der Waals surface area contributed by atoms with Gasteiger partial charge < -0.3 is 30.7 Å². The molecule has 0 spiro atoms. The van der Waals surface area contributed by atoms with Gasteiger partial charge in [0.05, 0.1) is 12.5 Å². The number of hydrogen-bond acceptors (Lipinski definition) is 7. The molecule has 150 valence electrons. The van der Waals surface area contributed by atoms with Crippen molar-refractivity contribution in [2.24, 2.45) is 5.73 Å². The summed E-state index contributed by atoms with van der Waals surface area (Å²) < 4.78 is 11.1. The van der Waals surface area contributed by atoms with Crippen molar-refractivity contribution in [1.82, 2.24) is 10.3 Å². The van der Waals surface area contributed by atoms with Gasteiger partial charge in [-0.15, -0.1) is 0 Å². The third-order valence-electron chi connectivity index (χ3n) is 4.09. The Morgan fingerprint density at radius 1 is 1.14 bits per heavy atom. The van der Waals surface area contributed by atoms with Crippen molar-refractivity contribution in [3.63, 3.8) is 0 Å². The number of ether oxygens (including phenoxy) is 2. The van der Waals surface area contributed by atoms with Crippen LogP contribution in [0, 0.1) is 0 Å². The molecule has 1 aromatic heterocycles. The fourth-order valence-electron chi connectivity index (χ4n) is 2.74. The monoisotopic (exact) mass is 397 g/mol. The van der Waals surface area contributed by atoms with E-state index in [0.717, 1.165) is 5.56 Å². The third-order valence-corrected chi connectivity index (χ3v) is 4.09. The van der Waals surface area contributed by atoms with Gasteiger partial charge in [-0.2, -0.15) is 0 Å². The normalized spacial score (nSPS) is 10.6. The summed E-state index contributed by atoms with van der Waals surface area (Å²) in [4.78, 5) is 26.8. The van der Waals surface area contributed by atoms with E-state index >= 15 is 0 Å². The van der Waals surface area contributed by atoms with E-state index in [1.54, 1.807) is 24.3 Å². The molecule has 9 heteroatoms. The van der Waals surface area contributed by atoms with Crippen molar-refractivity contribution in [3.8, 4) is 23.1 Å². The van der Waals surface area contributed by atoms with Crippen LogP contribution in [-0.4, -0.2) is 40.7 Å². The first-order chi connectivity index (χ1) is 13.9. The predicted molar refractivity (Wildman–Crippen MR) is 104 cm³/mol. The molecule has 0 bridgehead atoms. The molecule has 0 atom stereocenters. The average molecular weight is 397 g/mol. The van der Waals surface area contributed by atoms with Gasteiger partial charge in [0.2, 0.25) is 5.88 Å². The summed E-state index contributed by atoms with van der Waals surface area (Å²) in [5, 5.41) is 22.1. The molecule has 0 saturated heterocycles. The van der Waals surface area contributed by atoms with Crippen LogP contribution in [0.2, 0.25) is 0 Å². The fourth-order valence-corrected chi connectivity index (χ4v) is 2.74. The van der Waals surface area contributed by atoms with E-state index in [4.69, 9.17) is 20.3 Å². The number of nitrogens with two attached hydrogens (primary N) is 1. The van der Waals surface area contributed by atoms with Gasteiger partial charge in [0.25, 0.3) is 5.91 Å². The second-order valence-corrected chi connectivity index (χ2v) is 6.06. The van der Waals surface area contributed by atoms with Gasteiger partial charge in [-0.1, -0.05) is 12.1 Å². The summed E-state index contributed by atoms with van der Waals surface area (Å²) in [5.74, 6) is -1.29. The summed E-state index contributed by atoms with van der Waals surface area (Å²) in [6.07, 6.45) is 0. The van der Waals surface area contributed by atoms with Crippen LogP contribution in [0.4, 0.5) is 0 Å². The minimum atomic E-state index is -1.22. The van der Waals surface area contributed by atoms with Crippen LogP contribution in [0.5, 0.6) is 23.1 Å². The van der Waals surface area contributed by atoms with Gasteiger partial charge in [0.1, 0.15) is 18.0 Å². The first kappa shape index (κ1) is 19.9. The number of amides is 1. The van der Waals surface area contributed by atoms with Crippen molar-refractivity contribution < 1.29 is 29.3 Å². The number of nitrogens with one attached hydrogen (secondary N) is 1. The second-order valence-electron chi connectivity index (χ2n) is 6.06.